The van der Waals surface area contributed by atoms with Gasteiger partial charge in [0.1, 0.15) is 5.82 Å². The lowest BCUT2D eigenvalue weighted by Gasteiger charge is -2.08. The van der Waals surface area contributed by atoms with Crippen LogP contribution >= 0.6 is 0 Å². The second-order valence-corrected chi connectivity index (χ2v) is 6.72. The molecule has 1 amide bonds. The quantitative estimate of drug-likeness (QED) is 0.843. The van der Waals surface area contributed by atoms with Crippen LogP contribution in [-0.4, -0.2) is 27.9 Å². The lowest BCUT2D eigenvalue weighted by atomic mass is 10.1. The minimum Gasteiger partial charge on any atom is -0.352 e. The number of amides is 1. The van der Waals surface area contributed by atoms with Crippen molar-refractivity contribution < 1.29 is 17.6 Å². The Kier molecular flexibility index (Phi) is 5.46. The van der Waals surface area contributed by atoms with Crippen molar-refractivity contribution in [3.63, 3.8) is 0 Å². The van der Waals surface area contributed by atoms with Crippen molar-refractivity contribution in [2.75, 3.05) is 13.6 Å². The zero-order valence-corrected chi connectivity index (χ0v) is 13.4. The SMILES string of the molecule is CNS(=O)(=O)c1cccc(C(=O)NCCc2ccccc2F)c1. The van der Waals surface area contributed by atoms with E-state index in [2.05, 4.69) is 10.0 Å². The highest BCUT2D eigenvalue weighted by Gasteiger charge is 2.14. The molecule has 2 N–H and O–H groups in total. The Morgan fingerprint density at radius 2 is 1.87 bits per heavy atom. The summed E-state index contributed by atoms with van der Waals surface area (Å²) in [7, 11) is -2.30. The van der Waals surface area contributed by atoms with Crippen LogP contribution in [-0.2, 0) is 16.4 Å². The summed E-state index contributed by atoms with van der Waals surface area (Å²) in [4.78, 5) is 12.1. The highest BCUT2D eigenvalue weighted by molar-refractivity contribution is 7.89. The van der Waals surface area contributed by atoms with E-state index in [1.54, 1.807) is 18.2 Å². The van der Waals surface area contributed by atoms with Crippen molar-refractivity contribution in [1.82, 2.24) is 10.0 Å². The molecular formula is C16H17FN2O3S. The second-order valence-electron chi connectivity index (χ2n) is 4.83. The Morgan fingerprint density at radius 3 is 2.57 bits per heavy atom. The van der Waals surface area contributed by atoms with Crippen molar-refractivity contribution in [2.24, 2.45) is 0 Å². The van der Waals surface area contributed by atoms with Crippen molar-refractivity contribution in [2.45, 2.75) is 11.3 Å². The van der Waals surface area contributed by atoms with Gasteiger partial charge in [-0.25, -0.2) is 17.5 Å². The first-order chi connectivity index (χ1) is 10.9. The lowest BCUT2D eigenvalue weighted by molar-refractivity contribution is 0.0954. The van der Waals surface area contributed by atoms with Crippen molar-refractivity contribution in [3.8, 4) is 0 Å². The summed E-state index contributed by atoms with van der Waals surface area (Å²) in [6.07, 6.45) is 0.354. The molecule has 0 aliphatic carbocycles. The fraction of sp³-hybridized carbons (Fsp3) is 0.188. The van der Waals surface area contributed by atoms with E-state index in [-0.39, 0.29) is 22.8 Å². The summed E-state index contributed by atoms with van der Waals surface area (Å²) < 4.78 is 39.1. The summed E-state index contributed by atoms with van der Waals surface area (Å²) >= 11 is 0. The summed E-state index contributed by atoms with van der Waals surface area (Å²) in [6, 6.07) is 12.1. The number of hydrogen-bond donors (Lipinski definition) is 2. The summed E-state index contributed by atoms with van der Waals surface area (Å²) in [5.41, 5.74) is 0.745. The molecule has 0 saturated carbocycles. The number of nitrogens with one attached hydrogen (secondary N) is 2. The van der Waals surface area contributed by atoms with Gasteiger partial charge in [-0.1, -0.05) is 24.3 Å². The van der Waals surface area contributed by atoms with Gasteiger partial charge >= 0.3 is 0 Å². The van der Waals surface area contributed by atoms with E-state index in [1.165, 1.54) is 37.4 Å². The van der Waals surface area contributed by atoms with Crippen LogP contribution in [0.2, 0.25) is 0 Å². The molecule has 0 spiro atoms. The van der Waals surface area contributed by atoms with Gasteiger partial charge in [0, 0.05) is 12.1 Å². The first-order valence-corrected chi connectivity index (χ1v) is 8.47. The topological polar surface area (TPSA) is 75.3 Å². The third-order valence-corrected chi connectivity index (χ3v) is 4.72. The van der Waals surface area contributed by atoms with E-state index in [9.17, 15) is 17.6 Å². The molecule has 0 aliphatic heterocycles. The molecule has 0 heterocycles. The van der Waals surface area contributed by atoms with E-state index in [0.717, 1.165) is 0 Å². The van der Waals surface area contributed by atoms with E-state index in [0.29, 0.717) is 12.0 Å². The van der Waals surface area contributed by atoms with Crippen LogP contribution < -0.4 is 10.0 Å². The van der Waals surface area contributed by atoms with Crippen LogP contribution in [0.4, 0.5) is 4.39 Å². The highest BCUT2D eigenvalue weighted by atomic mass is 32.2. The molecule has 122 valence electrons. The lowest BCUT2D eigenvalue weighted by Crippen LogP contribution is -2.26. The smallest absolute Gasteiger partial charge is 0.251 e. The standard InChI is InChI=1S/C16H17FN2O3S/c1-18-23(21,22)14-7-4-6-13(11-14)16(20)19-10-9-12-5-2-3-8-15(12)17/h2-8,11,18H,9-10H2,1H3,(H,19,20). The Labute approximate surface area is 134 Å². The Morgan fingerprint density at radius 1 is 1.13 bits per heavy atom. The summed E-state index contributed by atoms with van der Waals surface area (Å²) in [5.74, 6) is -0.724. The molecule has 0 aliphatic rings. The maximum absolute atomic E-state index is 13.5. The summed E-state index contributed by atoms with van der Waals surface area (Å²) in [5, 5.41) is 2.65. The zero-order valence-electron chi connectivity index (χ0n) is 12.5. The third-order valence-electron chi connectivity index (χ3n) is 3.31. The zero-order chi connectivity index (χ0) is 16.9. The number of sulfonamides is 1. The van der Waals surface area contributed by atoms with Gasteiger partial charge in [-0.15, -0.1) is 0 Å². The van der Waals surface area contributed by atoms with Gasteiger partial charge in [0.2, 0.25) is 10.0 Å². The van der Waals surface area contributed by atoms with Crippen molar-refractivity contribution >= 4 is 15.9 Å². The van der Waals surface area contributed by atoms with Gasteiger partial charge in [0.05, 0.1) is 4.90 Å². The molecule has 2 aromatic rings. The van der Waals surface area contributed by atoms with Gasteiger partial charge < -0.3 is 5.32 Å². The van der Waals surface area contributed by atoms with Crippen LogP contribution in [0.25, 0.3) is 0 Å². The van der Waals surface area contributed by atoms with Gasteiger partial charge in [-0.2, -0.15) is 0 Å². The first-order valence-electron chi connectivity index (χ1n) is 6.99. The predicted octanol–water partition coefficient (Wildman–Crippen LogP) is 1.71. The molecule has 0 fully saturated rings. The molecule has 0 radical (unpaired) electrons. The maximum atomic E-state index is 13.5. The highest BCUT2D eigenvalue weighted by Crippen LogP contribution is 2.11. The molecule has 0 atom stereocenters. The van der Waals surface area contributed by atoms with Crippen molar-refractivity contribution in [1.29, 1.82) is 0 Å². The Balaban J connectivity index is 2.02. The third kappa shape index (κ3) is 4.37. The number of carbonyl (C=O) groups is 1. The first kappa shape index (κ1) is 17.1. The minimum atomic E-state index is -3.60. The number of halogens is 1. The molecule has 7 heteroatoms. The second kappa shape index (κ2) is 7.34. The van der Waals surface area contributed by atoms with Crippen molar-refractivity contribution in [3.05, 3.63) is 65.5 Å². The molecule has 5 nitrogen and oxygen atoms in total. The van der Waals surface area contributed by atoms with Gasteiger partial charge in [-0.3, -0.25) is 4.79 Å². The van der Waals surface area contributed by atoms with Crippen LogP contribution in [0.3, 0.4) is 0 Å². The van der Waals surface area contributed by atoms with E-state index >= 15 is 0 Å². The average molecular weight is 336 g/mol. The molecule has 2 rings (SSSR count). The monoisotopic (exact) mass is 336 g/mol. The molecule has 23 heavy (non-hydrogen) atoms. The number of carbonyl (C=O) groups excluding carboxylic acids is 1. The molecule has 0 unspecified atom stereocenters. The molecule has 0 aromatic heterocycles. The normalized spacial score (nSPS) is 11.2. The van der Waals surface area contributed by atoms with E-state index < -0.39 is 15.9 Å². The number of hydrogen-bond acceptors (Lipinski definition) is 3. The summed E-state index contributed by atoms with van der Waals surface area (Å²) in [6.45, 7) is 0.253. The minimum absolute atomic E-state index is 0.0155. The van der Waals surface area contributed by atoms with Crippen LogP contribution in [0.1, 0.15) is 15.9 Å². The van der Waals surface area contributed by atoms with Crippen LogP contribution in [0.5, 0.6) is 0 Å². The molecular weight excluding hydrogens is 319 g/mol. The molecule has 0 saturated heterocycles. The Bertz CT molecular complexity index is 806. The number of benzene rings is 2. The fourth-order valence-corrected chi connectivity index (χ4v) is 2.81. The molecule has 0 bridgehead atoms. The average Bonchev–Trinajstić information content (AvgIpc) is 2.56. The largest absolute Gasteiger partial charge is 0.352 e. The molecule has 2 aromatic carbocycles. The van der Waals surface area contributed by atoms with Gasteiger partial charge in [0.15, 0.2) is 0 Å². The number of rotatable bonds is 6. The van der Waals surface area contributed by atoms with Gasteiger partial charge in [0.25, 0.3) is 5.91 Å². The maximum Gasteiger partial charge on any atom is 0.251 e. The van der Waals surface area contributed by atoms with E-state index in [4.69, 9.17) is 0 Å². The fourth-order valence-electron chi connectivity index (χ4n) is 2.04. The van der Waals surface area contributed by atoms with Crippen LogP contribution in [0, 0.1) is 5.82 Å². The predicted molar refractivity (Wildman–Crippen MR) is 85.1 cm³/mol. The van der Waals surface area contributed by atoms with E-state index in [1.807, 2.05) is 0 Å². The van der Waals surface area contributed by atoms with Gasteiger partial charge in [-0.05, 0) is 43.3 Å². The Hall–Kier alpha value is -2.25. The van der Waals surface area contributed by atoms with Crippen LogP contribution in [0.15, 0.2) is 53.4 Å².